The molecule has 0 aliphatic heterocycles. The minimum absolute atomic E-state index is 0.0131. The van der Waals surface area contributed by atoms with Gasteiger partial charge in [-0.15, -0.1) is 0 Å². The molecule has 1 aromatic rings. The Morgan fingerprint density at radius 2 is 1.09 bits per heavy atom. The number of hydrogen-bond donors (Lipinski definition) is 1. The Hall–Kier alpha value is -1.21. The Bertz CT molecular complexity index is 753. The summed E-state index contributed by atoms with van der Waals surface area (Å²) in [5.74, 6) is 0.123. The highest BCUT2D eigenvalue weighted by Gasteiger charge is 2.52. The zero-order valence-electron chi connectivity index (χ0n) is 20.0. The lowest BCUT2D eigenvalue weighted by molar-refractivity contribution is 0.122. The second kappa shape index (κ2) is 12.3. The molecule has 11 heteroatoms. The minimum Gasteiger partial charge on any atom is -0.449 e. The molecular formula is C21H36O9P2. The standard InChI is InChI=1S/C21H36O9P2/c1-14(2)27-31(24,28-15(3)4)20(32(25,29-16(5)6)30-17(7)8)13-18-9-11-19(12-10-18)26-21(22)23/h9-12,14-17,20H,13H2,1-8H3,(H,22,23). The van der Waals surface area contributed by atoms with Crippen LogP contribution in [0.4, 0.5) is 4.79 Å². The summed E-state index contributed by atoms with van der Waals surface area (Å²) in [6.45, 7) is 13.7. The molecule has 9 nitrogen and oxygen atoms in total. The van der Waals surface area contributed by atoms with Crippen molar-refractivity contribution >= 4 is 21.3 Å². The van der Waals surface area contributed by atoms with Crippen LogP contribution in [0.15, 0.2) is 24.3 Å². The van der Waals surface area contributed by atoms with E-state index in [4.69, 9.17) is 23.2 Å². The summed E-state index contributed by atoms with van der Waals surface area (Å²) in [6.07, 6.45) is -3.34. The summed E-state index contributed by atoms with van der Waals surface area (Å²) >= 11 is 0. The van der Waals surface area contributed by atoms with Crippen molar-refractivity contribution in [2.75, 3.05) is 0 Å². The molecule has 1 N–H and O–H groups in total. The van der Waals surface area contributed by atoms with E-state index in [1.807, 2.05) is 0 Å². The lowest BCUT2D eigenvalue weighted by Crippen LogP contribution is -2.25. The van der Waals surface area contributed by atoms with Gasteiger partial charge in [-0.1, -0.05) is 12.1 Å². The number of benzene rings is 1. The maximum atomic E-state index is 14.1. The highest BCUT2D eigenvalue weighted by molar-refractivity contribution is 7.72. The van der Waals surface area contributed by atoms with Gasteiger partial charge in [-0.2, -0.15) is 0 Å². The number of hydrogen-bond acceptors (Lipinski definition) is 8. The summed E-state index contributed by atoms with van der Waals surface area (Å²) in [5.41, 5.74) is 0.604. The van der Waals surface area contributed by atoms with E-state index in [1.54, 1.807) is 67.5 Å². The van der Waals surface area contributed by atoms with Crippen molar-refractivity contribution in [2.24, 2.45) is 0 Å². The average molecular weight is 494 g/mol. The predicted molar refractivity (Wildman–Crippen MR) is 123 cm³/mol. The van der Waals surface area contributed by atoms with E-state index in [0.717, 1.165) is 0 Å². The van der Waals surface area contributed by atoms with Crippen molar-refractivity contribution in [3.8, 4) is 5.75 Å². The first kappa shape index (κ1) is 28.8. The quantitative estimate of drug-likeness (QED) is 0.182. The zero-order valence-corrected chi connectivity index (χ0v) is 21.8. The molecule has 0 radical (unpaired) electrons. The maximum absolute atomic E-state index is 14.1. The number of carboxylic acid groups (broad SMARTS) is 1. The number of rotatable bonds is 13. The Kier molecular flexibility index (Phi) is 11.1. The van der Waals surface area contributed by atoms with Gasteiger partial charge in [0.15, 0.2) is 5.40 Å². The van der Waals surface area contributed by atoms with Crippen LogP contribution in [-0.4, -0.2) is 41.1 Å². The second-order valence-corrected chi connectivity index (χ2v) is 13.0. The Morgan fingerprint density at radius 3 is 1.38 bits per heavy atom. The average Bonchev–Trinajstić information content (AvgIpc) is 2.57. The van der Waals surface area contributed by atoms with Crippen LogP contribution in [0.3, 0.4) is 0 Å². The second-order valence-electron chi connectivity index (χ2n) is 8.39. The fraction of sp³-hybridized carbons (Fsp3) is 0.667. The molecule has 0 unspecified atom stereocenters. The molecule has 0 aromatic heterocycles. The van der Waals surface area contributed by atoms with Crippen molar-refractivity contribution in [1.29, 1.82) is 0 Å². The van der Waals surface area contributed by atoms with Crippen LogP contribution < -0.4 is 4.74 Å². The van der Waals surface area contributed by atoms with E-state index >= 15 is 0 Å². The molecule has 0 spiro atoms. The van der Waals surface area contributed by atoms with Gasteiger partial charge < -0.3 is 27.9 Å². The van der Waals surface area contributed by atoms with Crippen molar-refractivity contribution in [3.05, 3.63) is 29.8 Å². The molecular weight excluding hydrogens is 458 g/mol. The smallest absolute Gasteiger partial charge is 0.449 e. The number of ether oxygens (including phenoxy) is 1. The monoisotopic (exact) mass is 494 g/mol. The lowest BCUT2D eigenvalue weighted by atomic mass is 10.2. The summed E-state index contributed by atoms with van der Waals surface area (Å²) in [5, 5.41) is 7.53. The molecule has 0 atom stereocenters. The highest BCUT2D eigenvalue weighted by atomic mass is 31.2. The van der Waals surface area contributed by atoms with E-state index in [9.17, 15) is 13.9 Å². The van der Waals surface area contributed by atoms with Gasteiger partial charge in [-0.3, -0.25) is 9.13 Å². The van der Waals surface area contributed by atoms with Gasteiger partial charge in [0, 0.05) is 0 Å². The summed E-state index contributed by atoms with van der Waals surface area (Å²) < 4.78 is 55.9. The molecule has 0 bridgehead atoms. The molecule has 0 fully saturated rings. The molecule has 1 aromatic carbocycles. The highest BCUT2D eigenvalue weighted by Crippen LogP contribution is 2.72. The topological polar surface area (TPSA) is 118 Å². The first-order chi connectivity index (χ1) is 14.7. The molecule has 0 saturated carbocycles. The predicted octanol–water partition coefficient (Wildman–Crippen LogP) is 6.70. The van der Waals surface area contributed by atoms with E-state index in [2.05, 4.69) is 4.74 Å². The zero-order chi connectivity index (χ0) is 24.7. The first-order valence-corrected chi connectivity index (χ1v) is 13.8. The molecule has 1 rings (SSSR count). The Balaban J connectivity index is 3.54. The van der Waals surface area contributed by atoms with Crippen LogP contribution in [0.2, 0.25) is 0 Å². The van der Waals surface area contributed by atoms with Gasteiger partial charge in [0.25, 0.3) is 0 Å². The molecule has 0 heterocycles. The normalized spacial score (nSPS) is 13.0. The molecule has 0 amide bonds. The minimum atomic E-state index is -4.01. The van der Waals surface area contributed by atoms with Crippen LogP contribution >= 0.6 is 15.2 Å². The fourth-order valence-electron chi connectivity index (χ4n) is 2.91. The van der Waals surface area contributed by atoms with Crippen LogP contribution in [0.5, 0.6) is 5.75 Å². The van der Waals surface area contributed by atoms with E-state index in [-0.39, 0.29) is 12.2 Å². The van der Waals surface area contributed by atoms with Crippen LogP contribution in [0, 0.1) is 0 Å². The summed E-state index contributed by atoms with van der Waals surface area (Å²) in [7, 11) is -8.03. The van der Waals surface area contributed by atoms with Crippen LogP contribution in [0.1, 0.15) is 61.0 Å². The molecule has 0 aliphatic rings. The third-order valence-corrected chi connectivity index (χ3v) is 10.1. The third kappa shape index (κ3) is 9.34. The Labute approximate surface area is 190 Å². The molecule has 0 saturated heterocycles. The van der Waals surface area contributed by atoms with Crippen molar-refractivity contribution in [1.82, 2.24) is 0 Å². The number of carbonyl (C=O) groups is 1. The fourth-order valence-corrected chi connectivity index (χ4v) is 8.83. The first-order valence-electron chi connectivity index (χ1n) is 10.6. The van der Waals surface area contributed by atoms with Crippen LogP contribution in [0.25, 0.3) is 0 Å². The van der Waals surface area contributed by atoms with Crippen LogP contribution in [-0.2, 0) is 33.6 Å². The van der Waals surface area contributed by atoms with E-state index in [0.29, 0.717) is 5.56 Å². The summed E-state index contributed by atoms with van der Waals surface area (Å²) in [6, 6.07) is 6.09. The van der Waals surface area contributed by atoms with Crippen molar-refractivity contribution in [3.63, 3.8) is 0 Å². The third-order valence-electron chi connectivity index (χ3n) is 3.71. The lowest BCUT2D eigenvalue weighted by Gasteiger charge is -2.35. The maximum Gasteiger partial charge on any atom is 0.511 e. The van der Waals surface area contributed by atoms with Gasteiger partial charge in [0.2, 0.25) is 0 Å². The van der Waals surface area contributed by atoms with E-state index < -0.39 is 51.2 Å². The van der Waals surface area contributed by atoms with Crippen molar-refractivity contribution in [2.45, 2.75) is 91.6 Å². The molecule has 184 valence electrons. The van der Waals surface area contributed by atoms with E-state index in [1.165, 1.54) is 12.1 Å². The molecule has 0 aliphatic carbocycles. The van der Waals surface area contributed by atoms with Gasteiger partial charge in [0.05, 0.1) is 24.4 Å². The van der Waals surface area contributed by atoms with Gasteiger partial charge in [0.1, 0.15) is 5.75 Å². The largest absolute Gasteiger partial charge is 0.511 e. The van der Waals surface area contributed by atoms with Crippen molar-refractivity contribution < 1.29 is 41.9 Å². The summed E-state index contributed by atoms with van der Waals surface area (Å²) in [4.78, 5) is 10.7. The van der Waals surface area contributed by atoms with Gasteiger partial charge >= 0.3 is 21.3 Å². The van der Waals surface area contributed by atoms with Gasteiger partial charge in [-0.05, 0) is 79.5 Å². The Morgan fingerprint density at radius 1 is 0.750 bits per heavy atom. The molecule has 32 heavy (non-hydrogen) atoms. The SMILES string of the molecule is CC(C)OP(=O)(OC(C)C)C(Cc1ccc(OC(=O)O)cc1)P(=O)(OC(C)C)OC(C)C. The van der Waals surface area contributed by atoms with Gasteiger partial charge in [-0.25, -0.2) is 4.79 Å².